The lowest BCUT2D eigenvalue weighted by Gasteiger charge is -2.20. The van der Waals surface area contributed by atoms with Crippen LogP contribution < -0.4 is 10.1 Å². The van der Waals surface area contributed by atoms with Crippen molar-refractivity contribution in [3.63, 3.8) is 0 Å². The minimum Gasteiger partial charge on any atom is -0.467 e. The number of amides is 1. The molecule has 0 bridgehead atoms. The number of hydrogen-bond donors (Lipinski definition) is 1. The predicted molar refractivity (Wildman–Crippen MR) is 87.7 cm³/mol. The number of nitrogens with one attached hydrogen (secondary N) is 1. The van der Waals surface area contributed by atoms with Crippen LogP contribution in [0.1, 0.15) is 27.9 Å². The number of carbonyl (C=O) groups is 2. The Morgan fingerprint density at radius 3 is 3.04 bits per heavy atom. The number of benzene rings is 1. The van der Waals surface area contributed by atoms with Gasteiger partial charge in [-0.2, -0.15) is 11.3 Å². The average molecular weight is 365 g/mol. The van der Waals surface area contributed by atoms with Crippen molar-refractivity contribution in [1.82, 2.24) is 5.32 Å². The molecular weight excluding hydrogens is 349 g/mol. The third-order valence-corrected chi connectivity index (χ3v) is 4.22. The van der Waals surface area contributed by atoms with Gasteiger partial charge in [-0.3, -0.25) is 9.59 Å². The first-order valence-corrected chi connectivity index (χ1v) is 8.55. The van der Waals surface area contributed by atoms with Crippen molar-refractivity contribution < 1.29 is 28.2 Å². The molecule has 0 unspecified atom stereocenters. The van der Waals surface area contributed by atoms with Gasteiger partial charge in [0.15, 0.2) is 6.79 Å². The van der Waals surface area contributed by atoms with Crippen LogP contribution in [0.2, 0.25) is 0 Å². The summed E-state index contributed by atoms with van der Waals surface area (Å²) in [6.07, 6.45) is 0.0252. The Bertz CT molecular complexity index is 763. The molecule has 1 aromatic carbocycles. The lowest BCUT2D eigenvalue weighted by molar-refractivity contribution is -0.144. The third kappa shape index (κ3) is 4.55. The summed E-state index contributed by atoms with van der Waals surface area (Å²) in [5.41, 5.74) is 1.60. The maximum atomic E-state index is 13.6. The first kappa shape index (κ1) is 17.4. The fourth-order valence-corrected chi connectivity index (χ4v) is 3.00. The van der Waals surface area contributed by atoms with Crippen LogP contribution in [0, 0.1) is 5.82 Å². The number of carbonyl (C=O) groups excluding carboxylic acids is 2. The van der Waals surface area contributed by atoms with Gasteiger partial charge in [0.05, 0.1) is 13.0 Å². The SMILES string of the molecule is O=C(CCNC(=O)c1ccsc1)OCc1cc(F)cc2c1OCOC2. The molecule has 25 heavy (non-hydrogen) atoms. The van der Waals surface area contributed by atoms with Crippen molar-refractivity contribution in [3.05, 3.63) is 51.5 Å². The molecule has 0 saturated carbocycles. The van der Waals surface area contributed by atoms with Crippen molar-refractivity contribution in [2.45, 2.75) is 19.6 Å². The highest BCUT2D eigenvalue weighted by Gasteiger charge is 2.18. The standard InChI is InChI=1S/C17H16FNO5S/c18-14-5-12-7-22-10-24-16(12)13(6-14)8-23-15(20)1-3-19-17(21)11-2-4-25-9-11/h2,4-6,9H,1,3,7-8,10H2,(H,19,21). The van der Waals surface area contributed by atoms with E-state index in [4.69, 9.17) is 14.2 Å². The highest BCUT2D eigenvalue weighted by molar-refractivity contribution is 7.08. The highest BCUT2D eigenvalue weighted by atomic mass is 32.1. The van der Waals surface area contributed by atoms with Gasteiger partial charge < -0.3 is 19.5 Å². The first-order chi connectivity index (χ1) is 12.1. The summed E-state index contributed by atoms with van der Waals surface area (Å²) in [5, 5.41) is 6.17. The molecule has 1 aliphatic heterocycles. The van der Waals surface area contributed by atoms with Gasteiger partial charge >= 0.3 is 5.97 Å². The molecule has 8 heteroatoms. The van der Waals surface area contributed by atoms with E-state index in [0.29, 0.717) is 22.4 Å². The number of fused-ring (bicyclic) bond motifs is 1. The zero-order valence-corrected chi connectivity index (χ0v) is 14.1. The minimum absolute atomic E-state index is 0.0252. The normalized spacial score (nSPS) is 12.8. The van der Waals surface area contributed by atoms with E-state index in [1.54, 1.807) is 16.8 Å². The fraction of sp³-hybridized carbons (Fsp3) is 0.294. The zero-order chi connectivity index (χ0) is 17.6. The van der Waals surface area contributed by atoms with Gasteiger partial charge in [0.25, 0.3) is 5.91 Å². The van der Waals surface area contributed by atoms with Crippen LogP contribution in [0.3, 0.4) is 0 Å². The number of thiophene rings is 1. The van der Waals surface area contributed by atoms with Crippen molar-refractivity contribution in [2.75, 3.05) is 13.3 Å². The van der Waals surface area contributed by atoms with Crippen LogP contribution in [0.4, 0.5) is 4.39 Å². The van der Waals surface area contributed by atoms with Gasteiger partial charge in [0, 0.05) is 28.6 Å². The first-order valence-electron chi connectivity index (χ1n) is 7.61. The molecule has 1 aromatic heterocycles. The molecule has 3 rings (SSSR count). The smallest absolute Gasteiger partial charge is 0.307 e. The molecule has 1 aliphatic rings. The Morgan fingerprint density at radius 1 is 1.36 bits per heavy atom. The monoisotopic (exact) mass is 365 g/mol. The lowest BCUT2D eigenvalue weighted by atomic mass is 10.1. The minimum atomic E-state index is -0.490. The van der Waals surface area contributed by atoms with E-state index in [1.165, 1.54) is 23.5 Å². The quantitative estimate of drug-likeness (QED) is 0.797. The van der Waals surface area contributed by atoms with Crippen LogP contribution in [0.5, 0.6) is 5.75 Å². The van der Waals surface area contributed by atoms with E-state index >= 15 is 0 Å². The molecule has 0 saturated heterocycles. The van der Waals surface area contributed by atoms with Crippen molar-refractivity contribution in [3.8, 4) is 5.75 Å². The largest absolute Gasteiger partial charge is 0.467 e. The van der Waals surface area contributed by atoms with Crippen LogP contribution in [-0.2, 0) is 27.5 Å². The Kier molecular flexibility index (Phi) is 5.62. The Morgan fingerprint density at radius 2 is 2.24 bits per heavy atom. The Hall–Kier alpha value is -2.45. The maximum Gasteiger partial charge on any atom is 0.307 e. The number of hydrogen-bond acceptors (Lipinski definition) is 6. The van der Waals surface area contributed by atoms with Crippen molar-refractivity contribution in [1.29, 1.82) is 0 Å². The second-order valence-electron chi connectivity index (χ2n) is 5.34. The summed E-state index contributed by atoms with van der Waals surface area (Å²) >= 11 is 1.42. The summed E-state index contributed by atoms with van der Waals surface area (Å²) in [6, 6.07) is 4.31. The number of esters is 1. The molecule has 0 aliphatic carbocycles. The van der Waals surface area contributed by atoms with Crippen molar-refractivity contribution in [2.24, 2.45) is 0 Å². The van der Waals surface area contributed by atoms with Gasteiger partial charge in [-0.15, -0.1) is 0 Å². The molecule has 0 radical (unpaired) electrons. The van der Waals surface area contributed by atoms with Crippen LogP contribution >= 0.6 is 11.3 Å². The topological polar surface area (TPSA) is 73.9 Å². The maximum absolute atomic E-state index is 13.6. The number of ether oxygens (including phenoxy) is 3. The van der Waals surface area contributed by atoms with E-state index in [1.807, 2.05) is 0 Å². The molecule has 0 fully saturated rings. The Balaban J connectivity index is 1.48. The fourth-order valence-electron chi connectivity index (χ4n) is 2.37. The second-order valence-corrected chi connectivity index (χ2v) is 6.12. The molecule has 1 amide bonds. The molecule has 2 aromatic rings. The molecule has 6 nitrogen and oxygen atoms in total. The average Bonchev–Trinajstić information content (AvgIpc) is 3.14. The predicted octanol–water partition coefficient (Wildman–Crippen LogP) is 2.62. The second kappa shape index (κ2) is 8.09. The van der Waals surface area contributed by atoms with Gasteiger partial charge in [0.1, 0.15) is 18.2 Å². The molecule has 132 valence electrons. The van der Waals surface area contributed by atoms with Crippen molar-refractivity contribution >= 4 is 23.2 Å². The summed E-state index contributed by atoms with van der Waals surface area (Å²) in [6.45, 7) is 0.396. The van der Waals surface area contributed by atoms with Gasteiger partial charge in [-0.1, -0.05) is 0 Å². The van der Waals surface area contributed by atoms with E-state index < -0.39 is 11.8 Å². The lowest BCUT2D eigenvalue weighted by Crippen LogP contribution is -2.26. The van der Waals surface area contributed by atoms with E-state index in [0.717, 1.165) is 0 Å². The van der Waals surface area contributed by atoms with Gasteiger partial charge in [-0.25, -0.2) is 4.39 Å². The molecule has 0 spiro atoms. The molecule has 0 atom stereocenters. The summed E-state index contributed by atoms with van der Waals surface area (Å²) in [7, 11) is 0. The molecular formula is C17H16FNO5S. The highest BCUT2D eigenvalue weighted by Crippen LogP contribution is 2.29. The van der Waals surface area contributed by atoms with E-state index in [2.05, 4.69) is 5.32 Å². The van der Waals surface area contributed by atoms with Crippen LogP contribution in [-0.4, -0.2) is 25.2 Å². The summed E-state index contributed by atoms with van der Waals surface area (Å²) < 4.78 is 29.2. The van der Waals surface area contributed by atoms with Gasteiger partial charge in [0.2, 0.25) is 0 Å². The third-order valence-electron chi connectivity index (χ3n) is 3.54. The molecule has 2 heterocycles. The Labute approximate surface area is 147 Å². The summed E-state index contributed by atoms with van der Waals surface area (Å²) in [5.74, 6) is -0.675. The van der Waals surface area contributed by atoms with E-state index in [-0.39, 0.29) is 38.9 Å². The van der Waals surface area contributed by atoms with Crippen LogP contribution in [0.15, 0.2) is 29.0 Å². The van der Waals surface area contributed by atoms with Gasteiger partial charge in [-0.05, 0) is 23.6 Å². The molecule has 1 N–H and O–H groups in total. The summed E-state index contributed by atoms with van der Waals surface area (Å²) in [4.78, 5) is 23.5. The number of rotatable bonds is 6. The van der Waals surface area contributed by atoms with E-state index in [9.17, 15) is 14.0 Å². The van der Waals surface area contributed by atoms with Crippen LogP contribution in [0.25, 0.3) is 0 Å². The number of halogens is 1. The zero-order valence-electron chi connectivity index (χ0n) is 13.2.